The van der Waals surface area contributed by atoms with Crippen molar-refractivity contribution in [2.24, 2.45) is 0 Å². The average Bonchev–Trinajstić information content (AvgIpc) is 3.43. The fourth-order valence-corrected chi connectivity index (χ4v) is 5.70. The molecule has 2 aliphatic rings. The lowest BCUT2D eigenvalue weighted by atomic mass is 9.76. The Morgan fingerprint density at radius 3 is 2.63 bits per heavy atom. The van der Waals surface area contributed by atoms with Gasteiger partial charge in [-0.2, -0.15) is 4.98 Å². The van der Waals surface area contributed by atoms with E-state index in [1.165, 1.54) is 13.3 Å². The van der Waals surface area contributed by atoms with E-state index < -0.39 is 17.9 Å². The summed E-state index contributed by atoms with van der Waals surface area (Å²) >= 11 is 6.20. The van der Waals surface area contributed by atoms with E-state index in [0.29, 0.717) is 22.6 Å². The van der Waals surface area contributed by atoms with Gasteiger partial charge in [-0.05, 0) is 42.2 Å². The van der Waals surface area contributed by atoms with Crippen LogP contribution in [0.2, 0.25) is 5.02 Å². The minimum atomic E-state index is -0.796. The van der Waals surface area contributed by atoms with Crippen molar-refractivity contribution >= 4 is 29.3 Å². The van der Waals surface area contributed by atoms with E-state index in [1.807, 2.05) is 18.2 Å². The largest absolute Gasteiger partial charge is 0.352 e. The third-order valence-corrected chi connectivity index (χ3v) is 7.38. The summed E-state index contributed by atoms with van der Waals surface area (Å²) in [5.41, 5.74) is 4.33. The van der Waals surface area contributed by atoms with E-state index in [4.69, 9.17) is 21.0 Å². The maximum atomic E-state index is 14.1. The van der Waals surface area contributed by atoms with Gasteiger partial charge in [-0.15, -0.1) is 0 Å². The van der Waals surface area contributed by atoms with Crippen LogP contribution in [0.5, 0.6) is 0 Å². The summed E-state index contributed by atoms with van der Waals surface area (Å²) in [5.74, 6) is -1.28. The van der Waals surface area contributed by atoms with Gasteiger partial charge in [0, 0.05) is 23.6 Å². The summed E-state index contributed by atoms with van der Waals surface area (Å²) in [5, 5.41) is 7.27. The van der Waals surface area contributed by atoms with Crippen molar-refractivity contribution in [1.82, 2.24) is 25.8 Å². The van der Waals surface area contributed by atoms with Gasteiger partial charge in [0.1, 0.15) is 6.61 Å². The molecule has 3 amide bonds. The summed E-state index contributed by atoms with van der Waals surface area (Å²) in [6.07, 6.45) is 4.47. The zero-order valence-electron chi connectivity index (χ0n) is 20.8. The zero-order valence-corrected chi connectivity index (χ0v) is 21.6. The highest BCUT2D eigenvalue weighted by Crippen LogP contribution is 2.46. The molecule has 2 heterocycles. The number of amides is 3. The van der Waals surface area contributed by atoms with E-state index in [9.17, 15) is 14.4 Å². The molecule has 1 fully saturated rings. The third kappa shape index (κ3) is 5.27. The van der Waals surface area contributed by atoms with Crippen LogP contribution in [0.15, 0.2) is 59.4 Å². The number of carbonyl (C=O) groups is 3. The Bertz CT molecular complexity index is 1300. The molecule has 3 aromatic rings. The third-order valence-electron chi connectivity index (χ3n) is 7.13. The van der Waals surface area contributed by atoms with Gasteiger partial charge in [-0.1, -0.05) is 59.9 Å². The molecule has 0 saturated heterocycles. The van der Waals surface area contributed by atoms with Gasteiger partial charge >= 0.3 is 0 Å². The average molecular weight is 538 g/mol. The minimum absolute atomic E-state index is 0.0852. The van der Waals surface area contributed by atoms with Gasteiger partial charge in [0.15, 0.2) is 5.82 Å². The summed E-state index contributed by atoms with van der Waals surface area (Å²) in [6, 6.07) is 13.1. The fraction of sp³-hybridized carbons (Fsp3) is 0.370. The number of rotatable bonds is 7. The van der Waals surface area contributed by atoms with Crippen LogP contribution in [0, 0.1) is 0 Å². The quantitative estimate of drug-likeness (QED) is 0.440. The number of hydrogen-bond acceptors (Lipinski definition) is 7. The molecule has 11 heteroatoms. The molecule has 0 unspecified atom stereocenters. The molecule has 198 valence electrons. The van der Waals surface area contributed by atoms with E-state index in [0.717, 1.165) is 24.8 Å². The second kappa shape index (κ2) is 11.3. The van der Waals surface area contributed by atoms with Crippen LogP contribution in [0.1, 0.15) is 71.9 Å². The summed E-state index contributed by atoms with van der Waals surface area (Å²) in [4.78, 5) is 51.1. The lowest BCUT2D eigenvalue weighted by Gasteiger charge is -2.49. The van der Waals surface area contributed by atoms with E-state index in [-0.39, 0.29) is 36.3 Å². The lowest BCUT2D eigenvalue weighted by Crippen LogP contribution is -2.59. The monoisotopic (exact) mass is 537 g/mol. The second-order valence-corrected chi connectivity index (χ2v) is 9.97. The minimum Gasteiger partial charge on any atom is -0.352 e. The number of carbonyl (C=O) groups excluding carboxylic acids is 3. The number of nitrogens with zero attached hydrogens (tertiary/aromatic N) is 3. The second-order valence-electron chi connectivity index (χ2n) is 9.53. The van der Waals surface area contributed by atoms with Crippen LogP contribution in [0.4, 0.5) is 0 Å². The van der Waals surface area contributed by atoms with Crippen molar-refractivity contribution in [3.05, 3.63) is 82.5 Å². The van der Waals surface area contributed by atoms with Crippen molar-refractivity contribution in [3.8, 4) is 0 Å². The van der Waals surface area contributed by atoms with Crippen LogP contribution in [0.3, 0.4) is 0 Å². The first-order valence-electron chi connectivity index (χ1n) is 12.5. The SMILES string of the molecule is CC(=O)N[C@H]1CCCC[C@@H]1N1C(=O)c2ccccc2[C@@H](C(=O)NOCc2ncon2)[C@@H]1c1ccc(Cl)cc1. The molecule has 1 aliphatic heterocycles. The normalized spacial score (nSPS) is 23.0. The first-order chi connectivity index (χ1) is 18.4. The predicted octanol–water partition coefficient (Wildman–Crippen LogP) is 3.70. The zero-order chi connectivity index (χ0) is 26.6. The van der Waals surface area contributed by atoms with Crippen molar-refractivity contribution < 1.29 is 23.7 Å². The fourth-order valence-electron chi connectivity index (χ4n) is 5.58. The highest BCUT2D eigenvalue weighted by Gasteiger charge is 2.48. The predicted molar refractivity (Wildman–Crippen MR) is 137 cm³/mol. The van der Waals surface area contributed by atoms with Gasteiger partial charge < -0.3 is 14.7 Å². The number of aromatic nitrogens is 2. The van der Waals surface area contributed by atoms with E-state index in [1.54, 1.807) is 35.2 Å². The molecule has 38 heavy (non-hydrogen) atoms. The van der Waals surface area contributed by atoms with Crippen molar-refractivity contribution in [2.75, 3.05) is 0 Å². The molecule has 1 aliphatic carbocycles. The summed E-state index contributed by atoms with van der Waals surface area (Å²) in [7, 11) is 0. The molecular weight excluding hydrogens is 510 g/mol. The molecular formula is C27H28ClN5O5. The molecule has 0 bridgehead atoms. The van der Waals surface area contributed by atoms with Crippen molar-refractivity contribution in [1.29, 1.82) is 0 Å². The van der Waals surface area contributed by atoms with E-state index >= 15 is 0 Å². The number of nitrogens with one attached hydrogen (secondary N) is 2. The van der Waals surface area contributed by atoms with Crippen LogP contribution >= 0.6 is 11.6 Å². The van der Waals surface area contributed by atoms with Crippen LogP contribution in [-0.2, 0) is 21.0 Å². The molecule has 10 nitrogen and oxygen atoms in total. The Balaban J connectivity index is 1.57. The maximum absolute atomic E-state index is 14.1. The first kappa shape index (κ1) is 25.9. The number of halogens is 1. The number of hydrogen-bond donors (Lipinski definition) is 2. The van der Waals surface area contributed by atoms with Gasteiger partial charge in [0.25, 0.3) is 11.8 Å². The smallest absolute Gasteiger partial charge is 0.255 e. The van der Waals surface area contributed by atoms with Gasteiger partial charge in [-0.3, -0.25) is 19.2 Å². The first-order valence-corrected chi connectivity index (χ1v) is 12.9. The van der Waals surface area contributed by atoms with Crippen LogP contribution in [-0.4, -0.2) is 44.8 Å². The molecule has 1 saturated carbocycles. The van der Waals surface area contributed by atoms with Gasteiger partial charge in [-0.25, -0.2) is 5.48 Å². The number of hydroxylamine groups is 1. The molecule has 2 N–H and O–H groups in total. The maximum Gasteiger partial charge on any atom is 0.255 e. The molecule has 4 atom stereocenters. The molecule has 5 rings (SSSR count). The molecule has 1 aromatic heterocycles. The summed E-state index contributed by atoms with van der Waals surface area (Å²) < 4.78 is 4.71. The Kier molecular flexibility index (Phi) is 7.71. The standard InChI is InChI=1S/C27H28ClN5O5/c1-16(34)30-21-8-4-5-9-22(21)33-25(17-10-12-18(28)13-11-17)24(19-6-2-3-7-20(19)27(33)36)26(35)32-37-14-23-29-15-38-31-23/h2-3,6-7,10-13,15,21-22,24-25H,4-5,8-9,14H2,1H3,(H,30,34)(H,32,35)/t21-,22-,24+,25-/m0/s1. The van der Waals surface area contributed by atoms with Crippen molar-refractivity contribution in [3.63, 3.8) is 0 Å². The Morgan fingerprint density at radius 1 is 1.13 bits per heavy atom. The Morgan fingerprint density at radius 2 is 1.89 bits per heavy atom. The van der Waals surface area contributed by atoms with Crippen molar-refractivity contribution in [2.45, 2.75) is 63.3 Å². The Labute approximate surface area is 224 Å². The molecule has 0 radical (unpaired) electrons. The van der Waals surface area contributed by atoms with E-state index in [2.05, 4.69) is 20.9 Å². The number of benzene rings is 2. The molecule has 2 aromatic carbocycles. The highest BCUT2D eigenvalue weighted by molar-refractivity contribution is 6.30. The van der Waals surface area contributed by atoms with Crippen LogP contribution < -0.4 is 10.8 Å². The highest BCUT2D eigenvalue weighted by atomic mass is 35.5. The number of fused-ring (bicyclic) bond motifs is 1. The van der Waals surface area contributed by atoms with Gasteiger partial charge in [0.2, 0.25) is 12.3 Å². The Hall–Kier alpha value is -3.76. The molecule has 0 spiro atoms. The van der Waals surface area contributed by atoms with Gasteiger partial charge in [0.05, 0.1) is 18.0 Å². The topological polar surface area (TPSA) is 127 Å². The summed E-state index contributed by atoms with van der Waals surface area (Å²) in [6.45, 7) is 1.39. The van der Waals surface area contributed by atoms with Crippen LogP contribution in [0.25, 0.3) is 0 Å². The lowest BCUT2D eigenvalue weighted by molar-refractivity contribution is -0.138.